The Morgan fingerprint density at radius 2 is 2.16 bits per heavy atom. The first-order chi connectivity index (χ1) is 8.97. The second kappa shape index (κ2) is 6.84. The van der Waals surface area contributed by atoms with Crippen molar-refractivity contribution in [3.05, 3.63) is 33.9 Å². The molecule has 0 aromatic heterocycles. The molecule has 0 aliphatic carbocycles. The van der Waals surface area contributed by atoms with Crippen molar-refractivity contribution in [3.63, 3.8) is 0 Å². The van der Waals surface area contributed by atoms with Crippen LogP contribution < -0.4 is 11.1 Å². The number of anilines is 1. The minimum absolute atomic E-state index is 0.0279. The fourth-order valence-corrected chi connectivity index (χ4v) is 1.71. The van der Waals surface area contributed by atoms with Crippen molar-refractivity contribution in [3.8, 4) is 0 Å². The van der Waals surface area contributed by atoms with Gasteiger partial charge in [0.2, 0.25) is 5.91 Å². The number of hydrogen-bond donors (Lipinski definition) is 2. The summed E-state index contributed by atoms with van der Waals surface area (Å²) in [5.74, 6) is -0.229. The Bertz CT molecular complexity index is 474. The van der Waals surface area contributed by atoms with Crippen LogP contribution in [0.2, 0.25) is 0 Å². The van der Waals surface area contributed by atoms with E-state index in [0.717, 1.165) is 0 Å². The summed E-state index contributed by atoms with van der Waals surface area (Å²) in [4.78, 5) is 22.1. The summed E-state index contributed by atoms with van der Waals surface area (Å²) in [6.07, 6.45) is 1.49. The number of nitrogens with one attached hydrogen (secondary N) is 1. The van der Waals surface area contributed by atoms with Crippen LogP contribution >= 0.6 is 0 Å². The highest BCUT2D eigenvalue weighted by molar-refractivity contribution is 5.91. The molecule has 0 saturated carbocycles. The van der Waals surface area contributed by atoms with Gasteiger partial charge in [-0.15, -0.1) is 0 Å². The fraction of sp³-hybridized carbons (Fsp3) is 0.462. The highest BCUT2D eigenvalue weighted by Gasteiger charge is 2.14. The van der Waals surface area contributed by atoms with Crippen LogP contribution in [0.15, 0.2) is 18.2 Å². The monoisotopic (exact) mass is 265 g/mol. The number of amides is 1. The van der Waals surface area contributed by atoms with Gasteiger partial charge in [0.25, 0.3) is 5.69 Å². The first-order valence-corrected chi connectivity index (χ1v) is 6.30. The number of hydrogen-bond acceptors (Lipinski definition) is 4. The Morgan fingerprint density at radius 1 is 1.47 bits per heavy atom. The smallest absolute Gasteiger partial charge is 0.274 e. The quantitative estimate of drug-likeness (QED) is 0.608. The molecule has 3 N–H and O–H groups in total. The van der Waals surface area contributed by atoms with E-state index in [0.29, 0.717) is 24.1 Å². The average Bonchev–Trinajstić information content (AvgIpc) is 2.38. The van der Waals surface area contributed by atoms with Crippen molar-refractivity contribution in [1.82, 2.24) is 0 Å². The van der Waals surface area contributed by atoms with Crippen molar-refractivity contribution < 1.29 is 9.72 Å². The van der Waals surface area contributed by atoms with Crippen molar-refractivity contribution in [1.29, 1.82) is 0 Å². The molecule has 0 heterocycles. The van der Waals surface area contributed by atoms with Crippen LogP contribution in [-0.2, 0) is 11.2 Å². The molecule has 104 valence electrons. The Kier molecular flexibility index (Phi) is 5.44. The Labute approximate surface area is 112 Å². The van der Waals surface area contributed by atoms with Crippen molar-refractivity contribution in [2.75, 3.05) is 5.32 Å². The van der Waals surface area contributed by atoms with Crippen LogP contribution in [0.25, 0.3) is 0 Å². The molecule has 1 atom stereocenters. The number of carbonyl (C=O) groups is 1. The van der Waals surface area contributed by atoms with Crippen LogP contribution in [0, 0.1) is 10.1 Å². The van der Waals surface area contributed by atoms with E-state index in [1.54, 1.807) is 12.1 Å². The molecule has 0 spiro atoms. The maximum atomic E-state index is 11.7. The van der Waals surface area contributed by atoms with Gasteiger partial charge in [0.05, 0.1) is 4.92 Å². The van der Waals surface area contributed by atoms with E-state index in [4.69, 9.17) is 5.73 Å². The van der Waals surface area contributed by atoms with Gasteiger partial charge in [-0.1, -0.05) is 19.9 Å². The number of rotatable bonds is 6. The number of nitro groups is 1. The van der Waals surface area contributed by atoms with E-state index in [1.807, 2.05) is 13.8 Å². The molecule has 0 fully saturated rings. The van der Waals surface area contributed by atoms with Crippen LogP contribution in [0.5, 0.6) is 0 Å². The fourth-order valence-electron chi connectivity index (χ4n) is 1.71. The standard InChI is InChI=1S/C13H19N3O3/c1-3-9-5-6-11(8-12(9)16(18)19)15-13(17)7-10(14)4-2/h5-6,8,10H,3-4,7,14H2,1-2H3,(H,15,17). The Morgan fingerprint density at radius 3 is 2.68 bits per heavy atom. The van der Waals surface area contributed by atoms with E-state index in [9.17, 15) is 14.9 Å². The summed E-state index contributed by atoms with van der Waals surface area (Å²) in [6, 6.07) is 4.52. The molecule has 6 heteroatoms. The molecule has 19 heavy (non-hydrogen) atoms. The number of benzene rings is 1. The molecule has 0 saturated heterocycles. The predicted octanol–water partition coefficient (Wildman–Crippen LogP) is 2.22. The molecular weight excluding hydrogens is 246 g/mol. The predicted molar refractivity (Wildman–Crippen MR) is 74.0 cm³/mol. The molecule has 1 amide bonds. The van der Waals surface area contributed by atoms with E-state index >= 15 is 0 Å². The molecule has 0 aliphatic heterocycles. The van der Waals surface area contributed by atoms with Gasteiger partial charge in [0.1, 0.15) is 0 Å². The largest absolute Gasteiger partial charge is 0.327 e. The summed E-state index contributed by atoms with van der Waals surface area (Å²) >= 11 is 0. The molecule has 1 rings (SSSR count). The van der Waals surface area contributed by atoms with Crippen LogP contribution in [0.4, 0.5) is 11.4 Å². The summed E-state index contributed by atoms with van der Waals surface area (Å²) in [5, 5.41) is 13.5. The average molecular weight is 265 g/mol. The molecule has 6 nitrogen and oxygen atoms in total. The highest BCUT2D eigenvalue weighted by atomic mass is 16.6. The lowest BCUT2D eigenvalue weighted by Crippen LogP contribution is -2.26. The molecule has 0 bridgehead atoms. The zero-order valence-electron chi connectivity index (χ0n) is 11.2. The lowest BCUT2D eigenvalue weighted by atomic mass is 10.1. The third-order valence-corrected chi connectivity index (χ3v) is 2.92. The molecule has 0 radical (unpaired) electrons. The van der Waals surface area contributed by atoms with Gasteiger partial charge < -0.3 is 11.1 Å². The third-order valence-electron chi connectivity index (χ3n) is 2.92. The van der Waals surface area contributed by atoms with Gasteiger partial charge in [0.15, 0.2) is 0 Å². The minimum Gasteiger partial charge on any atom is -0.327 e. The lowest BCUT2D eigenvalue weighted by Gasteiger charge is -2.10. The number of nitro benzene ring substituents is 1. The molecule has 0 aliphatic rings. The third kappa shape index (κ3) is 4.33. The Balaban J connectivity index is 2.82. The van der Waals surface area contributed by atoms with Gasteiger partial charge >= 0.3 is 0 Å². The maximum absolute atomic E-state index is 11.7. The van der Waals surface area contributed by atoms with Crippen molar-refractivity contribution in [2.45, 2.75) is 39.2 Å². The van der Waals surface area contributed by atoms with E-state index in [-0.39, 0.29) is 24.1 Å². The summed E-state index contributed by atoms with van der Waals surface area (Å²) in [7, 11) is 0. The second-order valence-electron chi connectivity index (χ2n) is 4.37. The maximum Gasteiger partial charge on any atom is 0.274 e. The summed E-state index contributed by atoms with van der Waals surface area (Å²) < 4.78 is 0. The minimum atomic E-state index is -0.438. The zero-order chi connectivity index (χ0) is 14.4. The first-order valence-electron chi connectivity index (χ1n) is 6.30. The summed E-state index contributed by atoms with van der Waals surface area (Å²) in [5.41, 5.74) is 6.78. The SMILES string of the molecule is CCc1ccc(NC(=O)CC(N)CC)cc1[N+](=O)[O-]. The van der Waals surface area contributed by atoms with E-state index in [1.165, 1.54) is 6.07 Å². The highest BCUT2D eigenvalue weighted by Crippen LogP contribution is 2.23. The van der Waals surface area contributed by atoms with Gasteiger partial charge in [-0.2, -0.15) is 0 Å². The lowest BCUT2D eigenvalue weighted by molar-refractivity contribution is -0.385. The second-order valence-corrected chi connectivity index (χ2v) is 4.37. The molecule has 1 aromatic carbocycles. The first kappa shape index (κ1) is 15.1. The van der Waals surface area contributed by atoms with Gasteiger partial charge in [-0.3, -0.25) is 14.9 Å². The number of carbonyl (C=O) groups excluding carboxylic acids is 1. The van der Waals surface area contributed by atoms with Gasteiger partial charge in [-0.25, -0.2) is 0 Å². The van der Waals surface area contributed by atoms with Crippen LogP contribution in [0.3, 0.4) is 0 Å². The van der Waals surface area contributed by atoms with Crippen LogP contribution in [0.1, 0.15) is 32.3 Å². The zero-order valence-corrected chi connectivity index (χ0v) is 11.2. The van der Waals surface area contributed by atoms with Crippen molar-refractivity contribution >= 4 is 17.3 Å². The molecule has 1 unspecified atom stereocenters. The molecule has 1 aromatic rings. The topological polar surface area (TPSA) is 98.3 Å². The van der Waals surface area contributed by atoms with Gasteiger partial charge in [0, 0.05) is 29.8 Å². The summed E-state index contributed by atoms with van der Waals surface area (Å²) in [6.45, 7) is 3.75. The number of nitrogens with two attached hydrogens (primary N) is 1. The van der Waals surface area contributed by atoms with E-state index < -0.39 is 4.92 Å². The molecular formula is C13H19N3O3. The number of nitrogens with zero attached hydrogens (tertiary/aromatic N) is 1. The number of aryl methyl sites for hydroxylation is 1. The van der Waals surface area contributed by atoms with Crippen molar-refractivity contribution in [2.24, 2.45) is 5.73 Å². The van der Waals surface area contributed by atoms with Crippen LogP contribution in [-0.4, -0.2) is 16.9 Å². The normalized spacial score (nSPS) is 11.9. The van der Waals surface area contributed by atoms with Gasteiger partial charge in [-0.05, 0) is 18.9 Å². The van der Waals surface area contributed by atoms with E-state index in [2.05, 4.69) is 5.32 Å². The Hall–Kier alpha value is -1.95.